The van der Waals surface area contributed by atoms with Gasteiger partial charge in [0.25, 0.3) is 0 Å². The van der Waals surface area contributed by atoms with Crippen LogP contribution in [0.2, 0.25) is 0 Å². The fraction of sp³-hybridized carbons (Fsp3) is 0.273. The normalized spacial score (nSPS) is 9.80. The summed E-state index contributed by atoms with van der Waals surface area (Å²) in [6.45, 7) is 3.84. The van der Waals surface area contributed by atoms with E-state index in [-0.39, 0.29) is 5.78 Å². The molecule has 0 aliphatic carbocycles. The first-order valence-corrected chi connectivity index (χ1v) is 5.60. The minimum absolute atomic E-state index is 0.0657. The molecule has 0 fully saturated rings. The van der Waals surface area contributed by atoms with Gasteiger partial charge >= 0.3 is 0 Å². The lowest BCUT2D eigenvalue weighted by Crippen LogP contribution is -2.02. The molecule has 0 aliphatic rings. The highest BCUT2D eigenvalue weighted by Gasteiger charge is 2.12. The molecule has 0 amide bonds. The van der Waals surface area contributed by atoms with Gasteiger partial charge in [-0.2, -0.15) is 0 Å². The van der Waals surface area contributed by atoms with Crippen molar-refractivity contribution in [2.45, 2.75) is 13.8 Å². The van der Waals surface area contributed by atoms with Crippen molar-refractivity contribution in [3.05, 3.63) is 26.8 Å². The van der Waals surface area contributed by atoms with E-state index in [1.54, 1.807) is 12.1 Å². The predicted octanol–water partition coefficient (Wildman–Crippen LogP) is 2.71. The summed E-state index contributed by atoms with van der Waals surface area (Å²) < 4.78 is 6.11. The number of ether oxygens (including phenoxy) is 1. The van der Waals surface area contributed by atoms with E-state index in [1.807, 2.05) is 6.92 Å². The number of hydrogen-bond acceptors (Lipinski definition) is 3. The monoisotopic (exact) mass is 318 g/mol. The second-order valence-electron chi connectivity index (χ2n) is 2.99. The number of aldehydes is 1. The number of carbonyl (C=O) groups is 2. The minimum atomic E-state index is -0.0657. The zero-order valence-corrected chi connectivity index (χ0v) is 10.7. The first-order valence-electron chi connectivity index (χ1n) is 4.52. The van der Waals surface area contributed by atoms with Gasteiger partial charge in [-0.1, -0.05) is 0 Å². The predicted molar refractivity (Wildman–Crippen MR) is 65.7 cm³/mol. The maximum atomic E-state index is 11.3. The average molecular weight is 318 g/mol. The van der Waals surface area contributed by atoms with Gasteiger partial charge in [0.1, 0.15) is 12.0 Å². The van der Waals surface area contributed by atoms with Crippen LogP contribution in [0, 0.1) is 3.57 Å². The molecule has 0 radical (unpaired) electrons. The molecule has 15 heavy (non-hydrogen) atoms. The van der Waals surface area contributed by atoms with Crippen LogP contribution in [0.25, 0.3) is 0 Å². The summed E-state index contributed by atoms with van der Waals surface area (Å²) in [5.41, 5.74) is 0.993. The average Bonchev–Trinajstić information content (AvgIpc) is 2.21. The summed E-state index contributed by atoms with van der Waals surface area (Å²) in [6.07, 6.45) is 0.713. The van der Waals surface area contributed by atoms with Gasteiger partial charge in [0, 0.05) is 11.1 Å². The largest absolute Gasteiger partial charge is 0.493 e. The highest BCUT2D eigenvalue weighted by Crippen LogP contribution is 2.26. The van der Waals surface area contributed by atoms with Crippen LogP contribution in [-0.4, -0.2) is 18.7 Å². The van der Waals surface area contributed by atoms with Gasteiger partial charge in [-0.25, -0.2) is 0 Å². The topological polar surface area (TPSA) is 43.4 Å². The van der Waals surface area contributed by atoms with Gasteiger partial charge < -0.3 is 4.74 Å². The molecule has 80 valence electrons. The van der Waals surface area contributed by atoms with Crippen molar-refractivity contribution in [2.75, 3.05) is 6.61 Å². The Morgan fingerprint density at radius 1 is 1.53 bits per heavy atom. The summed E-state index contributed by atoms with van der Waals surface area (Å²) >= 11 is 2.05. The second-order valence-corrected chi connectivity index (χ2v) is 4.07. The van der Waals surface area contributed by atoms with Crippen molar-refractivity contribution in [2.24, 2.45) is 0 Å². The van der Waals surface area contributed by atoms with E-state index in [0.717, 1.165) is 3.57 Å². The Morgan fingerprint density at radius 2 is 2.20 bits per heavy atom. The van der Waals surface area contributed by atoms with E-state index in [0.29, 0.717) is 29.8 Å². The van der Waals surface area contributed by atoms with Crippen LogP contribution >= 0.6 is 22.6 Å². The Hall–Kier alpha value is -0.910. The first kappa shape index (κ1) is 12.2. The van der Waals surface area contributed by atoms with E-state index in [4.69, 9.17) is 4.74 Å². The van der Waals surface area contributed by atoms with Crippen molar-refractivity contribution in [3.8, 4) is 5.75 Å². The Morgan fingerprint density at radius 3 is 2.67 bits per heavy atom. The van der Waals surface area contributed by atoms with Crippen LogP contribution in [0.1, 0.15) is 34.6 Å². The zero-order chi connectivity index (χ0) is 11.4. The Bertz CT molecular complexity index is 399. The Balaban J connectivity index is 3.32. The lowest BCUT2D eigenvalue weighted by atomic mass is 10.1. The quantitative estimate of drug-likeness (QED) is 0.487. The molecule has 0 atom stereocenters. The van der Waals surface area contributed by atoms with Crippen molar-refractivity contribution < 1.29 is 14.3 Å². The lowest BCUT2D eigenvalue weighted by molar-refractivity contribution is 0.101. The SMILES string of the molecule is CCOc1cc(C=O)cc(C(C)=O)c1I. The molecule has 0 heterocycles. The van der Waals surface area contributed by atoms with E-state index in [1.165, 1.54) is 6.92 Å². The molecular formula is C11H11IO3. The van der Waals surface area contributed by atoms with Crippen LogP contribution < -0.4 is 4.74 Å². The zero-order valence-electron chi connectivity index (χ0n) is 8.54. The van der Waals surface area contributed by atoms with Crippen LogP contribution in [0.4, 0.5) is 0 Å². The standard InChI is InChI=1S/C11H11IO3/c1-3-15-10-5-8(6-13)4-9(7(2)14)11(10)12/h4-6H,3H2,1-2H3. The number of hydrogen-bond donors (Lipinski definition) is 0. The highest BCUT2D eigenvalue weighted by atomic mass is 127. The second kappa shape index (κ2) is 5.25. The molecule has 0 spiro atoms. The molecular weight excluding hydrogens is 307 g/mol. The van der Waals surface area contributed by atoms with E-state index >= 15 is 0 Å². The van der Waals surface area contributed by atoms with Crippen molar-refractivity contribution in [1.29, 1.82) is 0 Å². The molecule has 1 rings (SSSR count). The number of Topliss-reactive ketones (excluding diaryl/α,β-unsaturated/α-hetero) is 1. The van der Waals surface area contributed by atoms with Gasteiger partial charge in [0.05, 0.1) is 10.2 Å². The highest BCUT2D eigenvalue weighted by molar-refractivity contribution is 14.1. The number of rotatable bonds is 4. The lowest BCUT2D eigenvalue weighted by Gasteiger charge is -2.09. The van der Waals surface area contributed by atoms with Gasteiger partial charge in [0.15, 0.2) is 5.78 Å². The summed E-state index contributed by atoms with van der Waals surface area (Å²) in [5.74, 6) is 0.525. The molecule has 1 aromatic carbocycles. The van der Waals surface area contributed by atoms with E-state index in [2.05, 4.69) is 22.6 Å². The molecule has 3 nitrogen and oxygen atoms in total. The van der Waals surface area contributed by atoms with E-state index in [9.17, 15) is 9.59 Å². The summed E-state index contributed by atoms with van der Waals surface area (Å²) in [5, 5.41) is 0. The van der Waals surface area contributed by atoms with Crippen LogP contribution in [0.15, 0.2) is 12.1 Å². The fourth-order valence-electron chi connectivity index (χ4n) is 1.20. The third-order valence-electron chi connectivity index (χ3n) is 1.88. The fourth-order valence-corrected chi connectivity index (χ4v) is 2.05. The maximum absolute atomic E-state index is 11.3. The number of halogens is 1. The van der Waals surface area contributed by atoms with Crippen LogP contribution in [0.3, 0.4) is 0 Å². The van der Waals surface area contributed by atoms with Crippen molar-refractivity contribution in [3.63, 3.8) is 0 Å². The Labute approximate surface area is 102 Å². The molecule has 0 unspecified atom stereocenters. The number of carbonyl (C=O) groups excluding carboxylic acids is 2. The maximum Gasteiger partial charge on any atom is 0.161 e. The molecule has 0 N–H and O–H groups in total. The summed E-state index contributed by atoms with van der Waals surface area (Å²) in [4.78, 5) is 22.0. The molecule has 0 aliphatic heterocycles. The minimum Gasteiger partial charge on any atom is -0.493 e. The van der Waals surface area contributed by atoms with E-state index < -0.39 is 0 Å². The van der Waals surface area contributed by atoms with Crippen LogP contribution in [-0.2, 0) is 0 Å². The smallest absolute Gasteiger partial charge is 0.161 e. The molecule has 1 aromatic rings. The van der Waals surface area contributed by atoms with Gasteiger partial charge in [-0.3, -0.25) is 9.59 Å². The molecule has 4 heteroatoms. The molecule has 0 bridgehead atoms. The van der Waals surface area contributed by atoms with Gasteiger partial charge in [-0.15, -0.1) is 0 Å². The third-order valence-corrected chi connectivity index (χ3v) is 2.99. The first-order chi connectivity index (χ1) is 7.10. The van der Waals surface area contributed by atoms with Gasteiger partial charge in [0.2, 0.25) is 0 Å². The summed E-state index contributed by atoms with van der Waals surface area (Å²) in [6, 6.07) is 3.23. The van der Waals surface area contributed by atoms with Crippen molar-refractivity contribution >= 4 is 34.7 Å². The van der Waals surface area contributed by atoms with Crippen molar-refractivity contribution in [1.82, 2.24) is 0 Å². The number of benzene rings is 1. The molecule has 0 saturated heterocycles. The third kappa shape index (κ3) is 2.77. The number of ketones is 1. The van der Waals surface area contributed by atoms with Crippen LogP contribution in [0.5, 0.6) is 5.75 Å². The molecule has 0 aromatic heterocycles. The van der Waals surface area contributed by atoms with Gasteiger partial charge in [-0.05, 0) is 48.6 Å². The summed E-state index contributed by atoms with van der Waals surface area (Å²) in [7, 11) is 0. The molecule has 0 saturated carbocycles. The Kier molecular flexibility index (Phi) is 4.26.